The number of carboxylic acid groups (broad SMARTS) is 1. The minimum Gasteiger partial charge on any atom is -0.480 e. The van der Waals surface area contributed by atoms with Crippen molar-refractivity contribution in [2.75, 3.05) is 0 Å². The molecule has 1 aromatic rings. The molecule has 0 heterocycles. The van der Waals surface area contributed by atoms with Crippen LogP contribution in [0.2, 0.25) is 0 Å². The molecule has 1 atom stereocenters. The van der Waals surface area contributed by atoms with E-state index in [1.807, 2.05) is 0 Å². The Hall–Kier alpha value is -1.98. The first-order valence-electron chi connectivity index (χ1n) is 6.98. The molecular formula is C15H17F2NO3. The predicted molar refractivity (Wildman–Crippen MR) is 71.8 cm³/mol. The Morgan fingerprint density at radius 3 is 2.48 bits per heavy atom. The molecule has 0 saturated heterocycles. The van der Waals surface area contributed by atoms with Gasteiger partial charge in [0.1, 0.15) is 17.7 Å². The molecule has 0 aromatic heterocycles. The van der Waals surface area contributed by atoms with Gasteiger partial charge in [-0.1, -0.05) is 19.3 Å². The largest absolute Gasteiger partial charge is 0.480 e. The van der Waals surface area contributed by atoms with Gasteiger partial charge in [0, 0.05) is 0 Å². The van der Waals surface area contributed by atoms with E-state index in [4.69, 9.17) is 0 Å². The fourth-order valence-corrected chi connectivity index (χ4v) is 2.74. The van der Waals surface area contributed by atoms with Crippen LogP contribution in [0.4, 0.5) is 8.78 Å². The smallest absolute Gasteiger partial charge is 0.326 e. The van der Waals surface area contributed by atoms with E-state index < -0.39 is 35.1 Å². The van der Waals surface area contributed by atoms with Gasteiger partial charge in [-0.2, -0.15) is 0 Å². The number of carbonyl (C=O) groups excluding carboxylic acids is 1. The number of hydrogen-bond acceptors (Lipinski definition) is 2. The third-order valence-corrected chi connectivity index (χ3v) is 3.85. The van der Waals surface area contributed by atoms with Crippen LogP contribution in [0.25, 0.3) is 0 Å². The number of amides is 1. The molecule has 2 N–H and O–H groups in total. The molecule has 1 fully saturated rings. The van der Waals surface area contributed by atoms with E-state index in [0.29, 0.717) is 12.8 Å². The van der Waals surface area contributed by atoms with Crippen molar-refractivity contribution in [3.63, 3.8) is 0 Å². The molecule has 2 rings (SSSR count). The lowest BCUT2D eigenvalue weighted by molar-refractivity contribution is -0.141. The third kappa shape index (κ3) is 3.77. The summed E-state index contributed by atoms with van der Waals surface area (Å²) >= 11 is 0. The molecule has 4 nitrogen and oxygen atoms in total. The Morgan fingerprint density at radius 1 is 1.19 bits per heavy atom. The molecule has 21 heavy (non-hydrogen) atoms. The highest BCUT2D eigenvalue weighted by molar-refractivity contribution is 5.96. The molecule has 1 saturated carbocycles. The zero-order chi connectivity index (χ0) is 15.4. The number of carbonyl (C=O) groups is 2. The summed E-state index contributed by atoms with van der Waals surface area (Å²) < 4.78 is 26.6. The summed E-state index contributed by atoms with van der Waals surface area (Å²) in [5.41, 5.74) is -0.475. The van der Waals surface area contributed by atoms with Crippen molar-refractivity contribution in [2.45, 2.75) is 38.1 Å². The number of aliphatic carboxylic acids is 1. The molecule has 1 aliphatic rings. The summed E-state index contributed by atoms with van der Waals surface area (Å²) in [5, 5.41) is 11.6. The lowest BCUT2D eigenvalue weighted by atomic mass is 9.84. The molecule has 114 valence electrons. The highest BCUT2D eigenvalue weighted by Crippen LogP contribution is 2.27. The summed E-state index contributed by atoms with van der Waals surface area (Å²) in [4.78, 5) is 23.3. The normalized spacial score (nSPS) is 17.2. The molecular weight excluding hydrogens is 280 g/mol. The van der Waals surface area contributed by atoms with Crippen LogP contribution in [0.1, 0.15) is 42.5 Å². The minimum atomic E-state index is -1.15. The van der Waals surface area contributed by atoms with Crippen LogP contribution in [-0.4, -0.2) is 23.0 Å². The van der Waals surface area contributed by atoms with Crippen LogP contribution in [-0.2, 0) is 4.79 Å². The van der Waals surface area contributed by atoms with Gasteiger partial charge in [0.05, 0.1) is 5.56 Å². The number of halogens is 2. The SMILES string of the molecule is O=C(NC(C(=O)O)C1CCCCC1)c1cc(F)ccc1F. The van der Waals surface area contributed by atoms with Crippen molar-refractivity contribution in [3.8, 4) is 0 Å². The zero-order valence-electron chi connectivity index (χ0n) is 11.4. The second-order valence-electron chi connectivity index (χ2n) is 5.31. The first-order valence-corrected chi connectivity index (χ1v) is 6.98. The van der Waals surface area contributed by atoms with E-state index in [9.17, 15) is 23.5 Å². The first-order chi connectivity index (χ1) is 9.99. The zero-order valence-corrected chi connectivity index (χ0v) is 11.4. The van der Waals surface area contributed by atoms with E-state index in [1.165, 1.54) is 0 Å². The summed E-state index contributed by atoms with van der Waals surface area (Å²) in [6, 6.07) is 1.45. The Bertz CT molecular complexity index is 542. The number of carboxylic acids is 1. The summed E-state index contributed by atoms with van der Waals surface area (Å²) in [5.74, 6) is -3.83. The Kier molecular flexibility index (Phi) is 4.88. The second kappa shape index (κ2) is 6.65. The minimum absolute atomic E-state index is 0.170. The molecule has 6 heteroatoms. The van der Waals surface area contributed by atoms with Crippen molar-refractivity contribution >= 4 is 11.9 Å². The summed E-state index contributed by atoms with van der Waals surface area (Å²) in [6.07, 6.45) is 4.30. The Morgan fingerprint density at radius 2 is 1.86 bits per heavy atom. The van der Waals surface area contributed by atoms with Gasteiger partial charge < -0.3 is 10.4 Å². The molecule has 1 aliphatic carbocycles. The highest BCUT2D eigenvalue weighted by Gasteiger charge is 2.31. The van der Waals surface area contributed by atoms with Crippen molar-refractivity contribution in [1.29, 1.82) is 0 Å². The average Bonchev–Trinajstić information content (AvgIpc) is 2.47. The third-order valence-electron chi connectivity index (χ3n) is 3.85. The van der Waals surface area contributed by atoms with Gasteiger partial charge in [0.15, 0.2) is 0 Å². The highest BCUT2D eigenvalue weighted by atomic mass is 19.1. The predicted octanol–water partition coefficient (Wildman–Crippen LogP) is 2.73. The molecule has 0 bridgehead atoms. The van der Waals surface area contributed by atoms with Crippen molar-refractivity contribution < 1.29 is 23.5 Å². The van der Waals surface area contributed by atoms with Gasteiger partial charge in [-0.3, -0.25) is 4.79 Å². The van der Waals surface area contributed by atoms with Gasteiger partial charge in [-0.05, 0) is 37.0 Å². The van der Waals surface area contributed by atoms with Crippen LogP contribution in [0.15, 0.2) is 18.2 Å². The lowest BCUT2D eigenvalue weighted by Gasteiger charge is -2.28. The van der Waals surface area contributed by atoms with Gasteiger partial charge in [-0.25, -0.2) is 13.6 Å². The van der Waals surface area contributed by atoms with E-state index in [0.717, 1.165) is 37.5 Å². The first kappa shape index (κ1) is 15.4. The number of nitrogens with one attached hydrogen (secondary N) is 1. The average molecular weight is 297 g/mol. The Labute approximate surface area is 121 Å². The van der Waals surface area contributed by atoms with Gasteiger partial charge >= 0.3 is 5.97 Å². The second-order valence-corrected chi connectivity index (χ2v) is 5.31. The number of rotatable bonds is 4. The Balaban J connectivity index is 2.14. The van der Waals surface area contributed by atoms with E-state index in [-0.39, 0.29) is 5.92 Å². The summed E-state index contributed by atoms with van der Waals surface area (Å²) in [6.45, 7) is 0. The molecule has 1 aromatic carbocycles. The quantitative estimate of drug-likeness (QED) is 0.898. The lowest BCUT2D eigenvalue weighted by Crippen LogP contribution is -2.46. The molecule has 0 aliphatic heterocycles. The fraction of sp³-hybridized carbons (Fsp3) is 0.467. The number of hydrogen-bond donors (Lipinski definition) is 2. The number of benzene rings is 1. The molecule has 1 amide bonds. The topological polar surface area (TPSA) is 66.4 Å². The van der Waals surface area contributed by atoms with Gasteiger partial charge in [-0.15, -0.1) is 0 Å². The maximum Gasteiger partial charge on any atom is 0.326 e. The maximum absolute atomic E-state index is 13.5. The van der Waals surface area contributed by atoms with E-state index >= 15 is 0 Å². The van der Waals surface area contributed by atoms with Crippen molar-refractivity contribution in [2.24, 2.45) is 5.92 Å². The van der Waals surface area contributed by atoms with Crippen LogP contribution in [0.3, 0.4) is 0 Å². The van der Waals surface area contributed by atoms with Crippen molar-refractivity contribution in [3.05, 3.63) is 35.4 Å². The van der Waals surface area contributed by atoms with Crippen molar-refractivity contribution in [1.82, 2.24) is 5.32 Å². The van der Waals surface area contributed by atoms with Crippen LogP contribution >= 0.6 is 0 Å². The van der Waals surface area contributed by atoms with Gasteiger partial charge in [0.2, 0.25) is 0 Å². The van der Waals surface area contributed by atoms with Crippen LogP contribution < -0.4 is 5.32 Å². The fourth-order valence-electron chi connectivity index (χ4n) is 2.74. The molecule has 0 spiro atoms. The van der Waals surface area contributed by atoms with Gasteiger partial charge in [0.25, 0.3) is 5.91 Å². The summed E-state index contributed by atoms with van der Waals surface area (Å²) in [7, 11) is 0. The maximum atomic E-state index is 13.5. The van der Waals surface area contributed by atoms with E-state index in [1.54, 1.807) is 0 Å². The monoisotopic (exact) mass is 297 g/mol. The standard InChI is InChI=1S/C15H17F2NO3/c16-10-6-7-12(17)11(8-10)14(19)18-13(15(20)21)9-4-2-1-3-5-9/h6-9,13H,1-5H2,(H,18,19)(H,20,21). The van der Waals surface area contributed by atoms with E-state index in [2.05, 4.69) is 5.32 Å². The molecule has 1 unspecified atom stereocenters. The molecule has 0 radical (unpaired) electrons. The van der Waals surface area contributed by atoms with Crippen LogP contribution in [0.5, 0.6) is 0 Å². The van der Waals surface area contributed by atoms with Crippen LogP contribution in [0, 0.1) is 17.6 Å².